The van der Waals surface area contributed by atoms with Crippen molar-refractivity contribution in [3.8, 4) is 0 Å². The van der Waals surface area contributed by atoms with Crippen LogP contribution in [-0.4, -0.2) is 11.8 Å². The number of ketones is 1. The molecule has 0 fully saturated rings. The summed E-state index contributed by atoms with van der Waals surface area (Å²) >= 11 is 0. The van der Waals surface area contributed by atoms with Gasteiger partial charge in [-0.3, -0.25) is 4.79 Å². The van der Waals surface area contributed by atoms with Crippen LogP contribution < -0.4 is 56.5 Å². The van der Waals surface area contributed by atoms with Crippen molar-refractivity contribution in [2.75, 3.05) is 0 Å². The fourth-order valence-electron chi connectivity index (χ4n) is 0.329. The zero-order chi connectivity index (χ0) is 6.57. The number of Topliss-reactive ketones (excluding diaryl/α,β-unsaturated/α-hetero) is 1. The summed E-state index contributed by atoms with van der Waals surface area (Å²) in [5.41, 5.74) is 0. The monoisotopic (exact) mass is 154 g/mol. The van der Waals surface area contributed by atoms with E-state index in [1.54, 1.807) is 6.92 Å². The van der Waals surface area contributed by atoms with E-state index in [9.17, 15) is 14.7 Å². The first kappa shape index (κ1) is 12.5. The van der Waals surface area contributed by atoms with Crippen LogP contribution in [0.4, 0.5) is 0 Å². The fraction of sp³-hybridized carbons (Fsp3) is 0.600. The molecule has 0 unspecified atom stereocenters. The van der Waals surface area contributed by atoms with E-state index in [0.29, 0.717) is 6.42 Å². The molecular formula is C5H7KO3. The molecule has 0 aromatic rings. The van der Waals surface area contributed by atoms with Gasteiger partial charge in [0.15, 0.2) is 5.78 Å². The van der Waals surface area contributed by atoms with Crippen molar-refractivity contribution in [1.29, 1.82) is 0 Å². The molecule has 0 atom stereocenters. The van der Waals surface area contributed by atoms with Crippen LogP contribution in [0.3, 0.4) is 0 Å². The van der Waals surface area contributed by atoms with Gasteiger partial charge in [-0.15, -0.1) is 0 Å². The summed E-state index contributed by atoms with van der Waals surface area (Å²) in [5.74, 6) is -2.39. The van der Waals surface area contributed by atoms with E-state index in [-0.39, 0.29) is 57.8 Å². The first-order valence-electron chi connectivity index (χ1n) is 2.42. The normalized spacial score (nSPS) is 7.67. The summed E-state index contributed by atoms with van der Waals surface area (Å²) in [5, 5.41) is 9.63. The Hall–Kier alpha value is 0.776. The minimum Gasteiger partial charge on any atom is -0.542 e. The van der Waals surface area contributed by atoms with Gasteiger partial charge in [0, 0.05) is 6.42 Å². The Labute approximate surface area is 96.2 Å². The zero-order valence-corrected chi connectivity index (χ0v) is 8.76. The number of carboxylic acid groups (broad SMARTS) is 1. The van der Waals surface area contributed by atoms with Crippen LogP contribution in [0.1, 0.15) is 19.8 Å². The van der Waals surface area contributed by atoms with Crippen molar-refractivity contribution in [1.82, 2.24) is 0 Å². The predicted molar refractivity (Wildman–Crippen MR) is 24.9 cm³/mol. The number of carbonyl (C=O) groups excluding carboxylic acids is 2. The Balaban J connectivity index is 0. The number of carbonyl (C=O) groups is 2. The molecule has 0 amide bonds. The second-order valence-electron chi connectivity index (χ2n) is 1.46. The van der Waals surface area contributed by atoms with Gasteiger partial charge in [-0.1, -0.05) is 6.92 Å². The van der Waals surface area contributed by atoms with E-state index in [0.717, 1.165) is 0 Å². The third kappa shape index (κ3) is 6.66. The summed E-state index contributed by atoms with van der Waals surface area (Å²) in [6.07, 6.45) is 0.648. The Kier molecular flexibility index (Phi) is 9.53. The third-order valence-corrected chi connectivity index (χ3v) is 0.705. The zero-order valence-electron chi connectivity index (χ0n) is 5.64. The molecule has 0 N–H and O–H groups in total. The predicted octanol–water partition coefficient (Wildman–Crippen LogP) is -3.89. The van der Waals surface area contributed by atoms with Crippen LogP contribution in [0.2, 0.25) is 0 Å². The van der Waals surface area contributed by atoms with Crippen LogP contribution in [0.5, 0.6) is 0 Å². The quantitative estimate of drug-likeness (QED) is 0.308. The summed E-state index contributed by atoms with van der Waals surface area (Å²) in [6.45, 7) is 1.74. The van der Waals surface area contributed by atoms with E-state index in [2.05, 4.69) is 0 Å². The van der Waals surface area contributed by atoms with Crippen LogP contribution >= 0.6 is 0 Å². The maximum Gasteiger partial charge on any atom is 1.00 e. The third-order valence-electron chi connectivity index (χ3n) is 0.705. The Bertz CT molecular complexity index is 111. The molecule has 0 bridgehead atoms. The molecule has 0 saturated heterocycles. The largest absolute Gasteiger partial charge is 1.00 e. The molecular weight excluding hydrogens is 147 g/mol. The van der Waals surface area contributed by atoms with E-state index < -0.39 is 11.8 Å². The minimum absolute atomic E-state index is 0. The maximum absolute atomic E-state index is 10.1. The van der Waals surface area contributed by atoms with Crippen LogP contribution in [0, 0.1) is 0 Å². The van der Waals surface area contributed by atoms with E-state index >= 15 is 0 Å². The van der Waals surface area contributed by atoms with Gasteiger partial charge < -0.3 is 9.90 Å². The molecule has 0 aliphatic rings. The number of carboxylic acids is 1. The molecule has 0 aromatic carbocycles. The van der Waals surface area contributed by atoms with Crippen molar-refractivity contribution < 1.29 is 66.1 Å². The molecule has 3 nitrogen and oxygen atoms in total. The van der Waals surface area contributed by atoms with Gasteiger partial charge in [0.2, 0.25) is 0 Å². The van der Waals surface area contributed by atoms with Gasteiger partial charge in [-0.2, -0.15) is 0 Å². The smallest absolute Gasteiger partial charge is 0.542 e. The summed E-state index contributed by atoms with van der Waals surface area (Å²) in [7, 11) is 0. The SMILES string of the molecule is CCCC(=O)C(=O)[O-].[K+]. The number of rotatable bonds is 3. The molecule has 0 aliphatic heterocycles. The van der Waals surface area contributed by atoms with E-state index in [1.807, 2.05) is 0 Å². The maximum atomic E-state index is 10.1. The summed E-state index contributed by atoms with van der Waals surface area (Å²) in [6, 6.07) is 0. The Morgan fingerprint density at radius 1 is 1.44 bits per heavy atom. The van der Waals surface area contributed by atoms with Crippen molar-refractivity contribution in [2.24, 2.45) is 0 Å². The van der Waals surface area contributed by atoms with E-state index in [4.69, 9.17) is 0 Å². The molecule has 0 aliphatic carbocycles. The number of hydrogen-bond donors (Lipinski definition) is 0. The first-order valence-corrected chi connectivity index (χ1v) is 2.42. The van der Waals surface area contributed by atoms with Crippen molar-refractivity contribution in [2.45, 2.75) is 19.8 Å². The molecule has 46 valence electrons. The molecule has 0 saturated carbocycles. The molecule has 0 heterocycles. The van der Waals surface area contributed by atoms with Gasteiger partial charge >= 0.3 is 51.4 Å². The van der Waals surface area contributed by atoms with E-state index in [1.165, 1.54) is 0 Å². The molecule has 0 radical (unpaired) electrons. The van der Waals surface area contributed by atoms with Gasteiger partial charge in [0.05, 0.1) is 0 Å². The Morgan fingerprint density at radius 3 is 2.00 bits per heavy atom. The number of hydrogen-bond acceptors (Lipinski definition) is 3. The fourth-order valence-corrected chi connectivity index (χ4v) is 0.329. The Morgan fingerprint density at radius 2 is 1.89 bits per heavy atom. The summed E-state index contributed by atoms with van der Waals surface area (Å²) in [4.78, 5) is 19.7. The van der Waals surface area contributed by atoms with Gasteiger partial charge in [-0.25, -0.2) is 0 Å². The van der Waals surface area contributed by atoms with Crippen molar-refractivity contribution in [3.63, 3.8) is 0 Å². The van der Waals surface area contributed by atoms with Gasteiger partial charge in [0.1, 0.15) is 5.97 Å². The molecule has 4 heteroatoms. The number of aliphatic carboxylic acids is 1. The van der Waals surface area contributed by atoms with Crippen molar-refractivity contribution in [3.05, 3.63) is 0 Å². The standard InChI is InChI=1S/C5H8O3.K/c1-2-3-4(6)5(7)8;/h2-3H2,1H3,(H,7,8);/q;+1/p-1. The van der Waals surface area contributed by atoms with Crippen LogP contribution in [0.25, 0.3) is 0 Å². The first-order chi connectivity index (χ1) is 3.68. The molecule has 0 aromatic heterocycles. The van der Waals surface area contributed by atoms with Crippen LogP contribution in [0.15, 0.2) is 0 Å². The second-order valence-corrected chi connectivity index (χ2v) is 1.46. The van der Waals surface area contributed by atoms with Gasteiger partial charge in [-0.05, 0) is 6.42 Å². The summed E-state index contributed by atoms with van der Waals surface area (Å²) < 4.78 is 0. The molecule has 9 heavy (non-hydrogen) atoms. The van der Waals surface area contributed by atoms with Gasteiger partial charge in [0.25, 0.3) is 0 Å². The average Bonchev–Trinajstić information content (AvgIpc) is 1.67. The van der Waals surface area contributed by atoms with Crippen LogP contribution in [-0.2, 0) is 9.59 Å². The molecule has 0 rings (SSSR count). The minimum atomic E-state index is -1.58. The second kappa shape index (κ2) is 6.89. The topological polar surface area (TPSA) is 57.2 Å². The molecule has 0 spiro atoms. The van der Waals surface area contributed by atoms with Crippen molar-refractivity contribution >= 4 is 11.8 Å². The average molecular weight is 154 g/mol.